The smallest absolute Gasteiger partial charge is 0.279 e. The minimum Gasteiger partial charge on any atom is -0.454 e. The number of hydrogen-bond acceptors (Lipinski definition) is 8. The van der Waals surface area contributed by atoms with E-state index in [-0.39, 0.29) is 18.3 Å². The predicted molar refractivity (Wildman–Crippen MR) is 86.9 cm³/mol. The molecule has 0 spiro atoms. The van der Waals surface area contributed by atoms with Crippen molar-refractivity contribution in [1.29, 1.82) is 0 Å². The number of carbonyl (C=O) groups excluding carboxylic acids is 1. The third-order valence-corrected chi connectivity index (χ3v) is 4.82. The summed E-state index contributed by atoms with van der Waals surface area (Å²) in [5.41, 5.74) is 1.43. The van der Waals surface area contributed by atoms with Crippen LogP contribution in [0.2, 0.25) is 0 Å². The molecule has 3 heterocycles. The van der Waals surface area contributed by atoms with Crippen molar-refractivity contribution in [2.24, 2.45) is 0 Å². The Morgan fingerprint density at radius 1 is 1.27 bits per heavy atom. The lowest BCUT2D eigenvalue weighted by atomic mass is 9.85. The van der Waals surface area contributed by atoms with Gasteiger partial charge >= 0.3 is 0 Å². The van der Waals surface area contributed by atoms with Gasteiger partial charge in [-0.3, -0.25) is 14.9 Å². The molecule has 1 aromatic carbocycles. The number of rotatable bonds is 2. The van der Waals surface area contributed by atoms with Gasteiger partial charge in [0.1, 0.15) is 12.4 Å². The molecule has 0 fully saturated rings. The van der Waals surface area contributed by atoms with Crippen LogP contribution in [-0.4, -0.2) is 32.3 Å². The van der Waals surface area contributed by atoms with Crippen molar-refractivity contribution < 1.29 is 19.2 Å². The molecule has 0 bridgehead atoms. The fraction of sp³-hybridized carbons (Fsp3) is 0.312. The highest BCUT2D eigenvalue weighted by molar-refractivity contribution is 5.99. The maximum Gasteiger partial charge on any atom is 0.279 e. The van der Waals surface area contributed by atoms with E-state index in [1.807, 2.05) is 0 Å². The maximum absolute atomic E-state index is 12.7. The summed E-state index contributed by atoms with van der Waals surface area (Å²) in [6.07, 6.45) is 3.17. The highest BCUT2D eigenvalue weighted by atomic mass is 16.7. The van der Waals surface area contributed by atoms with E-state index in [9.17, 15) is 14.9 Å². The van der Waals surface area contributed by atoms with Crippen molar-refractivity contribution in [3.63, 3.8) is 0 Å². The third-order valence-electron chi connectivity index (χ3n) is 4.82. The second kappa shape index (κ2) is 5.28. The van der Waals surface area contributed by atoms with Gasteiger partial charge in [-0.1, -0.05) is 0 Å². The quantitative estimate of drug-likeness (QED) is 0.641. The molecule has 10 heteroatoms. The Morgan fingerprint density at radius 2 is 2.08 bits per heavy atom. The van der Waals surface area contributed by atoms with Crippen molar-refractivity contribution >= 4 is 17.4 Å². The van der Waals surface area contributed by atoms with Gasteiger partial charge in [-0.05, 0) is 18.9 Å². The molecule has 10 nitrogen and oxygen atoms in total. The molecule has 3 aliphatic rings. The van der Waals surface area contributed by atoms with E-state index >= 15 is 0 Å². The first-order valence-electron chi connectivity index (χ1n) is 8.14. The van der Waals surface area contributed by atoms with Gasteiger partial charge < -0.3 is 14.8 Å². The summed E-state index contributed by atoms with van der Waals surface area (Å²) in [6, 6.07) is 2.17. The number of Topliss-reactive ketones (excluding diaryl/α,β-unsaturated/α-hetero) is 1. The van der Waals surface area contributed by atoms with Crippen LogP contribution in [0.25, 0.3) is 0 Å². The number of nitrogens with zero attached hydrogens (tertiary/aromatic N) is 4. The van der Waals surface area contributed by atoms with Gasteiger partial charge in [0.05, 0.1) is 16.6 Å². The van der Waals surface area contributed by atoms with Gasteiger partial charge in [0, 0.05) is 17.7 Å². The number of fused-ring (bicyclic) bond motifs is 2. The van der Waals surface area contributed by atoms with E-state index in [4.69, 9.17) is 9.47 Å². The summed E-state index contributed by atoms with van der Waals surface area (Å²) in [6.45, 7) is 0.00359. The Balaban J connectivity index is 1.78. The number of nitrogens with one attached hydrogen (secondary N) is 1. The molecular formula is C16H13N5O5. The van der Waals surface area contributed by atoms with Crippen molar-refractivity contribution in [1.82, 2.24) is 14.8 Å². The van der Waals surface area contributed by atoms with Crippen molar-refractivity contribution in [2.75, 3.05) is 12.1 Å². The summed E-state index contributed by atoms with van der Waals surface area (Å²) < 4.78 is 12.2. The number of hydrogen-bond donors (Lipinski definition) is 1. The second-order valence-corrected chi connectivity index (χ2v) is 6.25. The van der Waals surface area contributed by atoms with Crippen LogP contribution in [0.3, 0.4) is 0 Å². The largest absolute Gasteiger partial charge is 0.454 e. The number of anilines is 1. The Kier molecular flexibility index (Phi) is 3.02. The number of nitro groups is 1. The van der Waals surface area contributed by atoms with Crippen molar-refractivity contribution in [2.45, 2.75) is 25.3 Å². The molecule has 0 radical (unpaired) electrons. The molecule has 1 aromatic heterocycles. The first-order chi connectivity index (χ1) is 12.6. The van der Waals surface area contributed by atoms with Gasteiger partial charge in [-0.15, -0.1) is 0 Å². The number of nitro benzene ring substituents is 1. The average Bonchev–Trinajstić information content (AvgIpc) is 3.27. The molecule has 0 amide bonds. The van der Waals surface area contributed by atoms with Crippen LogP contribution in [0, 0.1) is 10.1 Å². The van der Waals surface area contributed by atoms with Crippen molar-refractivity contribution in [3.8, 4) is 11.5 Å². The van der Waals surface area contributed by atoms with E-state index in [1.54, 1.807) is 6.07 Å². The standard InChI is InChI=1S/C16H13N5O5/c22-11-3-1-2-9-14(11)15(20-16(19-9)17-6-18-20)8-4-12-13(26-7-25-12)5-10(8)21(23)24/h4-6,15H,1-3,7H2,(H,17,18,19)/t15-/m1/s1. The van der Waals surface area contributed by atoms with Crippen LogP contribution >= 0.6 is 0 Å². The topological polar surface area (TPSA) is 121 Å². The van der Waals surface area contributed by atoms with Crippen molar-refractivity contribution in [3.05, 3.63) is 45.4 Å². The second-order valence-electron chi connectivity index (χ2n) is 6.25. The van der Waals surface area contributed by atoms with E-state index < -0.39 is 11.0 Å². The first-order valence-corrected chi connectivity index (χ1v) is 8.14. The van der Waals surface area contributed by atoms with E-state index in [1.165, 1.54) is 17.1 Å². The highest BCUT2D eigenvalue weighted by Gasteiger charge is 2.40. The number of carbonyl (C=O) groups is 1. The molecule has 1 aliphatic carbocycles. The molecule has 26 heavy (non-hydrogen) atoms. The third kappa shape index (κ3) is 2.01. The number of benzene rings is 1. The number of aromatic nitrogens is 3. The Labute approximate surface area is 146 Å². The van der Waals surface area contributed by atoms with Gasteiger partial charge in [-0.25, -0.2) is 4.68 Å². The average molecular weight is 355 g/mol. The number of ether oxygens (including phenoxy) is 2. The SMILES string of the molecule is O=C1CCCC2=C1[C@@H](c1cc3c(cc1[N+](=O)[O-])OCO3)n1ncnc1N2. The number of ketones is 1. The Hall–Kier alpha value is -3.43. The van der Waals surface area contributed by atoms with Gasteiger partial charge in [-0.2, -0.15) is 10.1 Å². The molecule has 0 saturated heterocycles. The molecule has 2 aromatic rings. The molecule has 1 N–H and O–H groups in total. The summed E-state index contributed by atoms with van der Waals surface area (Å²) in [4.78, 5) is 28.1. The fourth-order valence-corrected chi connectivity index (χ4v) is 3.71. The molecular weight excluding hydrogens is 342 g/mol. The van der Waals surface area contributed by atoms with Crippen LogP contribution in [0.1, 0.15) is 30.9 Å². The minimum atomic E-state index is -0.730. The molecule has 132 valence electrons. The first kappa shape index (κ1) is 14.9. The van der Waals surface area contributed by atoms with E-state index in [0.717, 1.165) is 12.1 Å². The zero-order valence-electron chi connectivity index (χ0n) is 13.5. The van der Waals surface area contributed by atoms with Crippen LogP contribution in [0.5, 0.6) is 11.5 Å². The Bertz CT molecular complexity index is 995. The van der Waals surface area contributed by atoms with Gasteiger partial charge in [0.15, 0.2) is 17.3 Å². The zero-order chi connectivity index (χ0) is 17.8. The van der Waals surface area contributed by atoms with Crippen LogP contribution in [-0.2, 0) is 4.79 Å². The number of allylic oxidation sites excluding steroid dienone is 2. The molecule has 0 unspecified atom stereocenters. The summed E-state index contributed by atoms with van der Waals surface area (Å²) in [5, 5.41) is 19.0. The van der Waals surface area contributed by atoms with Crippen LogP contribution < -0.4 is 14.8 Å². The van der Waals surface area contributed by atoms with Crippen LogP contribution in [0.4, 0.5) is 11.6 Å². The van der Waals surface area contributed by atoms with Gasteiger partial charge in [0.2, 0.25) is 12.7 Å². The molecule has 1 atom stereocenters. The molecule has 5 rings (SSSR count). The van der Waals surface area contributed by atoms with E-state index in [2.05, 4.69) is 15.4 Å². The summed E-state index contributed by atoms with van der Waals surface area (Å²) in [5.74, 6) is 1.14. The molecule has 0 saturated carbocycles. The molecule has 2 aliphatic heterocycles. The fourth-order valence-electron chi connectivity index (χ4n) is 3.71. The predicted octanol–water partition coefficient (Wildman–Crippen LogP) is 1.94. The van der Waals surface area contributed by atoms with Gasteiger partial charge in [0.25, 0.3) is 5.69 Å². The lowest BCUT2D eigenvalue weighted by molar-refractivity contribution is -0.385. The highest BCUT2D eigenvalue weighted by Crippen LogP contribution is 2.46. The summed E-state index contributed by atoms with van der Waals surface area (Å²) in [7, 11) is 0. The maximum atomic E-state index is 12.7. The Morgan fingerprint density at radius 3 is 2.88 bits per heavy atom. The minimum absolute atomic E-state index is 0.00359. The lowest BCUT2D eigenvalue weighted by Gasteiger charge is -2.32. The van der Waals surface area contributed by atoms with E-state index in [0.29, 0.717) is 41.4 Å². The lowest BCUT2D eigenvalue weighted by Crippen LogP contribution is -2.31. The zero-order valence-corrected chi connectivity index (χ0v) is 13.5. The monoisotopic (exact) mass is 355 g/mol. The normalized spacial score (nSPS) is 20.5. The van der Waals surface area contributed by atoms with Crippen LogP contribution in [0.15, 0.2) is 29.7 Å². The summed E-state index contributed by atoms with van der Waals surface area (Å²) >= 11 is 0.